The molecule has 254 valence electrons. The first-order valence-electron chi connectivity index (χ1n) is 17.3. The van der Waals surface area contributed by atoms with E-state index in [2.05, 4.69) is 38.2 Å². The number of carbonyl (C=O) groups is 1. The summed E-state index contributed by atoms with van der Waals surface area (Å²) in [5, 5.41) is 0. The summed E-state index contributed by atoms with van der Waals surface area (Å²) in [5.41, 5.74) is 5.32. The third kappa shape index (κ3) is 32.2. The third-order valence-electron chi connectivity index (χ3n) is 7.12. The molecule has 0 aromatic heterocycles. The van der Waals surface area contributed by atoms with Gasteiger partial charge in [-0.15, -0.1) is 0 Å². The van der Waals surface area contributed by atoms with Crippen molar-refractivity contribution in [2.75, 3.05) is 33.0 Å². The van der Waals surface area contributed by atoms with Crippen LogP contribution in [-0.2, 0) is 27.9 Å². The molecule has 0 fully saturated rings. The van der Waals surface area contributed by atoms with Crippen LogP contribution in [-0.4, -0.2) is 49.9 Å². The van der Waals surface area contributed by atoms with E-state index in [1.807, 2.05) is 0 Å². The molecule has 0 rings (SSSR count). The molecule has 0 heterocycles. The lowest BCUT2D eigenvalue weighted by Gasteiger charge is -2.20. The van der Waals surface area contributed by atoms with Crippen LogP contribution in [0, 0.1) is 0 Å². The fourth-order valence-electron chi connectivity index (χ4n) is 4.55. The highest BCUT2D eigenvalue weighted by molar-refractivity contribution is 7.47. The van der Waals surface area contributed by atoms with E-state index in [9.17, 15) is 14.3 Å². The van der Waals surface area contributed by atoms with Gasteiger partial charge in [-0.3, -0.25) is 13.8 Å². The highest BCUT2D eigenvalue weighted by Gasteiger charge is 2.25. The van der Waals surface area contributed by atoms with Crippen molar-refractivity contribution in [3.63, 3.8) is 0 Å². The molecular formula is C34H66NO7P. The van der Waals surface area contributed by atoms with Gasteiger partial charge in [0.05, 0.1) is 19.8 Å². The number of unbranched alkanes of at least 4 members (excludes halogenated alkanes) is 16. The normalized spacial score (nSPS) is 14.0. The zero-order chi connectivity index (χ0) is 31.7. The predicted molar refractivity (Wildman–Crippen MR) is 178 cm³/mol. The average Bonchev–Trinajstić information content (AvgIpc) is 2.99. The molecule has 2 atom stereocenters. The van der Waals surface area contributed by atoms with Gasteiger partial charge >= 0.3 is 13.8 Å². The van der Waals surface area contributed by atoms with E-state index >= 15 is 0 Å². The van der Waals surface area contributed by atoms with Gasteiger partial charge in [0.2, 0.25) is 0 Å². The second-order valence-electron chi connectivity index (χ2n) is 11.4. The van der Waals surface area contributed by atoms with Crippen molar-refractivity contribution < 1.29 is 32.8 Å². The number of phosphoric acid groups is 1. The molecule has 0 aliphatic carbocycles. The molecule has 43 heavy (non-hydrogen) atoms. The van der Waals surface area contributed by atoms with Gasteiger partial charge < -0.3 is 20.1 Å². The van der Waals surface area contributed by atoms with Crippen molar-refractivity contribution in [2.45, 2.75) is 155 Å². The molecule has 0 radical (unpaired) electrons. The van der Waals surface area contributed by atoms with Crippen LogP contribution in [0.2, 0.25) is 0 Å². The van der Waals surface area contributed by atoms with Gasteiger partial charge in [0, 0.05) is 19.6 Å². The Balaban J connectivity index is 4.02. The second kappa shape index (κ2) is 32.4. The van der Waals surface area contributed by atoms with Crippen LogP contribution in [0.5, 0.6) is 0 Å². The van der Waals surface area contributed by atoms with Gasteiger partial charge in [-0.25, -0.2) is 4.57 Å². The van der Waals surface area contributed by atoms with Crippen LogP contribution in [0.3, 0.4) is 0 Å². The van der Waals surface area contributed by atoms with Crippen LogP contribution in [0.4, 0.5) is 0 Å². The minimum atomic E-state index is -4.26. The second-order valence-corrected chi connectivity index (χ2v) is 12.8. The Kier molecular flexibility index (Phi) is 31.6. The van der Waals surface area contributed by atoms with Crippen LogP contribution in [0.15, 0.2) is 24.3 Å². The number of rotatable bonds is 33. The molecule has 0 amide bonds. The first kappa shape index (κ1) is 42.0. The number of allylic oxidation sites excluding steroid dienone is 4. The Bertz CT molecular complexity index is 717. The molecule has 0 saturated heterocycles. The van der Waals surface area contributed by atoms with E-state index in [0.29, 0.717) is 13.0 Å². The smallest absolute Gasteiger partial charge is 0.457 e. The van der Waals surface area contributed by atoms with Gasteiger partial charge in [0.15, 0.2) is 0 Å². The van der Waals surface area contributed by atoms with Crippen molar-refractivity contribution in [3.8, 4) is 0 Å². The van der Waals surface area contributed by atoms with Crippen LogP contribution < -0.4 is 5.73 Å². The van der Waals surface area contributed by atoms with Gasteiger partial charge in [0.25, 0.3) is 0 Å². The van der Waals surface area contributed by atoms with E-state index in [0.717, 1.165) is 44.9 Å². The summed E-state index contributed by atoms with van der Waals surface area (Å²) in [6.45, 7) is 4.83. The molecule has 0 aliphatic heterocycles. The minimum Gasteiger partial charge on any atom is -0.457 e. The summed E-state index contributed by atoms with van der Waals surface area (Å²) in [5.74, 6) is -0.342. The first-order valence-corrected chi connectivity index (χ1v) is 18.8. The SMILES string of the molecule is CCCCCC/C=C\C/C=C\CCCCCCCCCC(=O)OC(COCCCCCCCC)COP(=O)(O)OCCN. The van der Waals surface area contributed by atoms with Crippen molar-refractivity contribution in [1.29, 1.82) is 0 Å². The number of phosphoric ester groups is 1. The highest BCUT2D eigenvalue weighted by atomic mass is 31.2. The van der Waals surface area contributed by atoms with E-state index in [-0.39, 0.29) is 32.3 Å². The number of carbonyl (C=O) groups excluding carboxylic acids is 1. The first-order chi connectivity index (χ1) is 20.9. The molecule has 0 spiro atoms. The molecule has 0 aliphatic rings. The van der Waals surface area contributed by atoms with E-state index < -0.39 is 13.9 Å². The zero-order valence-corrected chi connectivity index (χ0v) is 28.6. The van der Waals surface area contributed by atoms with Crippen LogP contribution >= 0.6 is 7.82 Å². The molecule has 8 nitrogen and oxygen atoms in total. The molecule has 0 saturated carbocycles. The summed E-state index contributed by atoms with van der Waals surface area (Å²) < 4.78 is 33.0. The summed E-state index contributed by atoms with van der Waals surface area (Å²) in [4.78, 5) is 22.2. The number of hydrogen-bond donors (Lipinski definition) is 2. The quantitative estimate of drug-likeness (QED) is 0.0318. The number of esters is 1. The summed E-state index contributed by atoms with van der Waals surface area (Å²) in [6.07, 6.45) is 32.0. The van der Waals surface area contributed by atoms with E-state index in [4.69, 9.17) is 24.3 Å². The molecule has 3 N–H and O–H groups in total. The Labute approximate surface area is 264 Å². The highest BCUT2D eigenvalue weighted by Crippen LogP contribution is 2.43. The van der Waals surface area contributed by atoms with Crippen molar-refractivity contribution in [1.82, 2.24) is 0 Å². The topological polar surface area (TPSA) is 117 Å². The zero-order valence-electron chi connectivity index (χ0n) is 27.7. The average molecular weight is 632 g/mol. The van der Waals surface area contributed by atoms with Gasteiger partial charge in [-0.05, 0) is 44.9 Å². The van der Waals surface area contributed by atoms with Crippen molar-refractivity contribution in [2.24, 2.45) is 5.73 Å². The van der Waals surface area contributed by atoms with Gasteiger partial charge in [-0.1, -0.05) is 122 Å². The predicted octanol–water partition coefficient (Wildman–Crippen LogP) is 9.35. The minimum absolute atomic E-state index is 0.0962. The molecule has 0 aromatic rings. The lowest BCUT2D eigenvalue weighted by Crippen LogP contribution is -2.28. The fraction of sp³-hybridized carbons (Fsp3) is 0.853. The Morgan fingerprint density at radius 2 is 1.23 bits per heavy atom. The maximum atomic E-state index is 12.4. The fourth-order valence-corrected chi connectivity index (χ4v) is 5.32. The van der Waals surface area contributed by atoms with Gasteiger partial charge in [0.1, 0.15) is 6.10 Å². The molecule has 0 aromatic carbocycles. The lowest BCUT2D eigenvalue weighted by molar-refractivity contribution is -0.154. The number of hydrogen-bond acceptors (Lipinski definition) is 7. The molecule has 2 unspecified atom stereocenters. The van der Waals surface area contributed by atoms with Crippen molar-refractivity contribution in [3.05, 3.63) is 24.3 Å². The Morgan fingerprint density at radius 3 is 1.84 bits per heavy atom. The number of ether oxygens (including phenoxy) is 2. The monoisotopic (exact) mass is 631 g/mol. The Morgan fingerprint density at radius 1 is 0.698 bits per heavy atom. The third-order valence-corrected chi connectivity index (χ3v) is 8.11. The van der Waals surface area contributed by atoms with Crippen LogP contribution in [0.25, 0.3) is 0 Å². The maximum absolute atomic E-state index is 12.4. The molecule has 0 bridgehead atoms. The van der Waals surface area contributed by atoms with Crippen LogP contribution in [0.1, 0.15) is 149 Å². The van der Waals surface area contributed by atoms with E-state index in [1.165, 1.54) is 83.5 Å². The molecular weight excluding hydrogens is 565 g/mol. The largest absolute Gasteiger partial charge is 0.472 e. The Hall–Kier alpha value is -1.02. The standard InChI is InChI=1S/C34H66NO7P/c1-3-5-7-9-11-12-13-14-15-16-17-18-19-20-21-22-23-25-27-34(36)42-33(32-41-43(37,38)40-30-28-35)31-39-29-26-24-10-8-6-4-2/h12-13,15-16,33H,3-11,14,17-32,35H2,1-2H3,(H,37,38)/b13-12-,16-15-. The number of nitrogens with two attached hydrogens (primary N) is 1. The van der Waals surface area contributed by atoms with Gasteiger partial charge in [-0.2, -0.15) is 0 Å². The summed E-state index contributed by atoms with van der Waals surface area (Å²) in [6, 6.07) is 0. The maximum Gasteiger partial charge on any atom is 0.472 e. The van der Waals surface area contributed by atoms with E-state index in [1.54, 1.807) is 0 Å². The molecule has 9 heteroatoms. The summed E-state index contributed by atoms with van der Waals surface area (Å²) in [7, 11) is -4.26. The van der Waals surface area contributed by atoms with Crippen molar-refractivity contribution >= 4 is 13.8 Å². The summed E-state index contributed by atoms with van der Waals surface area (Å²) >= 11 is 0. The lowest BCUT2D eigenvalue weighted by atomic mass is 10.1.